The summed E-state index contributed by atoms with van der Waals surface area (Å²) in [5, 5.41) is 22.9. The van der Waals surface area contributed by atoms with E-state index in [1.165, 1.54) is 6.07 Å². The van der Waals surface area contributed by atoms with E-state index in [9.17, 15) is 4.79 Å². The molecular weight excluding hydrogens is 288 g/mol. The summed E-state index contributed by atoms with van der Waals surface area (Å²) in [5.41, 5.74) is 1.88. The molecule has 0 heterocycles. The van der Waals surface area contributed by atoms with Crippen LogP contribution in [-0.2, 0) is 0 Å². The molecule has 2 amide bonds. The van der Waals surface area contributed by atoms with Gasteiger partial charge in [-0.15, -0.1) is 0 Å². The normalized spacial score (nSPS) is 9.29. The van der Waals surface area contributed by atoms with E-state index in [0.717, 1.165) is 0 Å². The Morgan fingerprint density at radius 1 is 0.952 bits per heavy atom. The van der Waals surface area contributed by atoms with Crippen LogP contribution in [0, 0.1) is 22.7 Å². The Hall–Kier alpha value is -3.02. The van der Waals surface area contributed by atoms with Crippen LogP contribution in [0.1, 0.15) is 11.1 Å². The zero-order valence-electron chi connectivity index (χ0n) is 10.7. The summed E-state index contributed by atoms with van der Waals surface area (Å²) in [4.78, 5) is 11.8. The van der Waals surface area contributed by atoms with Crippen molar-refractivity contribution in [2.24, 2.45) is 0 Å². The van der Waals surface area contributed by atoms with Gasteiger partial charge in [0, 0.05) is 5.69 Å². The van der Waals surface area contributed by atoms with Gasteiger partial charge in [0.1, 0.15) is 0 Å². The molecule has 0 saturated heterocycles. The van der Waals surface area contributed by atoms with Crippen LogP contribution in [0.3, 0.4) is 0 Å². The first-order valence-corrected chi connectivity index (χ1v) is 6.28. The number of urea groups is 1. The second-order valence-corrected chi connectivity index (χ2v) is 4.48. The van der Waals surface area contributed by atoms with E-state index in [0.29, 0.717) is 22.5 Å². The number of halogens is 1. The zero-order chi connectivity index (χ0) is 15.2. The van der Waals surface area contributed by atoms with E-state index in [1.54, 1.807) is 36.4 Å². The molecule has 0 spiro atoms. The number of benzene rings is 2. The van der Waals surface area contributed by atoms with Crippen molar-refractivity contribution in [3.63, 3.8) is 0 Å². The minimum Gasteiger partial charge on any atom is -0.308 e. The molecule has 0 unspecified atom stereocenters. The van der Waals surface area contributed by atoms with Gasteiger partial charge in [0.15, 0.2) is 0 Å². The van der Waals surface area contributed by atoms with Crippen LogP contribution in [-0.4, -0.2) is 6.03 Å². The van der Waals surface area contributed by atoms with Crippen molar-refractivity contribution >= 4 is 29.0 Å². The maximum absolute atomic E-state index is 11.8. The number of carbonyl (C=O) groups excluding carboxylic acids is 1. The molecule has 0 saturated carbocycles. The highest BCUT2D eigenvalue weighted by molar-refractivity contribution is 6.33. The first kappa shape index (κ1) is 14.4. The lowest BCUT2D eigenvalue weighted by atomic mass is 10.2. The molecule has 6 heteroatoms. The first-order chi connectivity index (χ1) is 10.1. The molecule has 2 rings (SSSR count). The van der Waals surface area contributed by atoms with Crippen LogP contribution >= 0.6 is 11.6 Å². The molecule has 0 aliphatic heterocycles. The van der Waals surface area contributed by atoms with Gasteiger partial charge in [-0.25, -0.2) is 4.79 Å². The highest BCUT2D eigenvalue weighted by atomic mass is 35.5. The Balaban J connectivity index is 2.05. The quantitative estimate of drug-likeness (QED) is 0.885. The van der Waals surface area contributed by atoms with Crippen molar-refractivity contribution in [2.75, 3.05) is 10.6 Å². The van der Waals surface area contributed by atoms with E-state index in [-0.39, 0.29) is 5.02 Å². The van der Waals surface area contributed by atoms with Gasteiger partial charge in [-0.3, -0.25) is 0 Å². The summed E-state index contributed by atoms with van der Waals surface area (Å²) >= 11 is 5.97. The van der Waals surface area contributed by atoms with Crippen molar-refractivity contribution in [2.45, 2.75) is 0 Å². The number of nitrogens with one attached hydrogen (secondary N) is 2. The van der Waals surface area contributed by atoms with Crippen molar-refractivity contribution in [1.29, 1.82) is 10.5 Å². The standard InChI is InChI=1S/C15H9ClN4O/c16-13-7-11(9-18)3-6-14(13)20-15(21)19-12-4-1-10(8-17)2-5-12/h1-7H,(H2,19,20,21). The Labute approximate surface area is 126 Å². The van der Waals surface area contributed by atoms with Crippen LogP contribution in [0.4, 0.5) is 16.2 Å². The summed E-state index contributed by atoms with van der Waals surface area (Å²) in [7, 11) is 0. The maximum atomic E-state index is 11.8. The number of hydrogen-bond acceptors (Lipinski definition) is 3. The van der Waals surface area contributed by atoms with Gasteiger partial charge in [-0.05, 0) is 42.5 Å². The number of amides is 2. The number of carbonyl (C=O) groups is 1. The van der Waals surface area contributed by atoms with E-state index in [4.69, 9.17) is 22.1 Å². The number of rotatable bonds is 2. The lowest BCUT2D eigenvalue weighted by Gasteiger charge is -2.09. The second kappa shape index (κ2) is 6.42. The summed E-state index contributed by atoms with van der Waals surface area (Å²) in [6.07, 6.45) is 0. The van der Waals surface area contributed by atoms with Crippen molar-refractivity contribution < 1.29 is 4.79 Å². The predicted octanol–water partition coefficient (Wildman–Crippen LogP) is 3.73. The minimum absolute atomic E-state index is 0.282. The number of hydrogen-bond donors (Lipinski definition) is 2. The number of anilines is 2. The van der Waals surface area contributed by atoms with Crippen molar-refractivity contribution in [3.8, 4) is 12.1 Å². The van der Waals surface area contributed by atoms with Crippen LogP contribution in [0.25, 0.3) is 0 Å². The van der Waals surface area contributed by atoms with E-state index >= 15 is 0 Å². The molecule has 102 valence electrons. The SMILES string of the molecule is N#Cc1ccc(NC(=O)Nc2ccc(C#N)cc2Cl)cc1. The van der Waals surface area contributed by atoms with Crippen molar-refractivity contribution in [3.05, 3.63) is 58.6 Å². The molecule has 0 fully saturated rings. The van der Waals surface area contributed by atoms with E-state index in [1.807, 2.05) is 12.1 Å². The Kier molecular flexibility index (Phi) is 4.40. The molecule has 0 aromatic heterocycles. The molecule has 0 radical (unpaired) electrons. The van der Waals surface area contributed by atoms with Gasteiger partial charge in [0.25, 0.3) is 0 Å². The topological polar surface area (TPSA) is 88.7 Å². The third-order valence-electron chi connectivity index (χ3n) is 2.62. The van der Waals surface area contributed by atoms with Crippen LogP contribution in [0.5, 0.6) is 0 Å². The average Bonchev–Trinajstić information content (AvgIpc) is 2.50. The fraction of sp³-hybridized carbons (Fsp3) is 0. The number of nitriles is 2. The Morgan fingerprint density at radius 3 is 2.14 bits per heavy atom. The molecule has 0 aliphatic carbocycles. The Bertz CT molecular complexity index is 757. The molecular formula is C15H9ClN4O. The lowest BCUT2D eigenvalue weighted by Crippen LogP contribution is -2.19. The molecule has 5 nitrogen and oxygen atoms in total. The van der Waals surface area contributed by atoms with Gasteiger partial charge in [-0.1, -0.05) is 11.6 Å². The molecule has 0 aliphatic rings. The van der Waals surface area contributed by atoms with Gasteiger partial charge in [0.05, 0.1) is 34.0 Å². The largest absolute Gasteiger partial charge is 0.323 e. The first-order valence-electron chi connectivity index (χ1n) is 5.90. The van der Waals surface area contributed by atoms with Crippen LogP contribution in [0.15, 0.2) is 42.5 Å². The van der Waals surface area contributed by atoms with Gasteiger partial charge < -0.3 is 10.6 Å². The lowest BCUT2D eigenvalue weighted by molar-refractivity contribution is 0.262. The summed E-state index contributed by atoms with van der Waals surface area (Å²) in [5.74, 6) is 0. The number of nitrogens with zero attached hydrogens (tertiary/aromatic N) is 2. The molecule has 2 aromatic rings. The highest BCUT2D eigenvalue weighted by Gasteiger charge is 2.07. The van der Waals surface area contributed by atoms with Gasteiger partial charge in [-0.2, -0.15) is 10.5 Å². The van der Waals surface area contributed by atoms with E-state index in [2.05, 4.69) is 10.6 Å². The fourth-order valence-electron chi connectivity index (χ4n) is 1.60. The third kappa shape index (κ3) is 3.73. The molecule has 2 aromatic carbocycles. The maximum Gasteiger partial charge on any atom is 0.323 e. The van der Waals surface area contributed by atoms with Crippen molar-refractivity contribution in [1.82, 2.24) is 0 Å². The van der Waals surface area contributed by atoms with Gasteiger partial charge in [0.2, 0.25) is 0 Å². The molecule has 0 atom stereocenters. The Morgan fingerprint density at radius 2 is 1.57 bits per heavy atom. The summed E-state index contributed by atoms with van der Waals surface area (Å²) in [6, 6.07) is 14.5. The van der Waals surface area contributed by atoms with Crippen LogP contribution in [0.2, 0.25) is 5.02 Å². The van der Waals surface area contributed by atoms with Gasteiger partial charge >= 0.3 is 6.03 Å². The predicted molar refractivity (Wildman–Crippen MR) is 80.0 cm³/mol. The summed E-state index contributed by atoms with van der Waals surface area (Å²) in [6.45, 7) is 0. The molecule has 2 N–H and O–H groups in total. The zero-order valence-corrected chi connectivity index (χ0v) is 11.5. The third-order valence-corrected chi connectivity index (χ3v) is 2.93. The summed E-state index contributed by atoms with van der Waals surface area (Å²) < 4.78 is 0. The average molecular weight is 297 g/mol. The smallest absolute Gasteiger partial charge is 0.308 e. The monoisotopic (exact) mass is 296 g/mol. The molecule has 0 bridgehead atoms. The fourth-order valence-corrected chi connectivity index (χ4v) is 1.83. The van der Waals surface area contributed by atoms with Crippen LogP contribution < -0.4 is 10.6 Å². The highest BCUT2D eigenvalue weighted by Crippen LogP contribution is 2.23. The van der Waals surface area contributed by atoms with E-state index < -0.39 is 6.03 Å². The minimum atomic E-state index is -0.466. The molecule has 21 heavy (non-hydrogen) atoms. The second-order valence-electron chi connectivity index (χ2n) is 4.07.